The van der Waals surface area contributed by atoms with E-state index in [9.17, 15) is 13.2 Å². The van der Waals surface area contributed by atoms with E-state index in [0.29, 0.717) is 28.5 Å². The first-order valence-corrected chi connectivity index (χ1v) is 9.75. The van der Waals surface area contributed by atoms with Gasteiger partial charge in [-0.05, 0) is 42.7 Å². The Balaban J connectivity index is 1.91. The minimum Gasteiger partial charge on any atom is -0.322 e. The highest BCUT2D eigenvalue weighted by molar-refractivity contribution is 7.92. The minimum absolute atomic E-state index is 0.331. The van der Waals surface area contributed by atoms with E-state index in [1.807, 2.05) is 6.07 Å². The third kappa shape index (κ3) is 3.39. The van der Waals surface area contributed by atoms with Gasteiger partial charge in [0.2, 0.25) is 10.0 Å². The van der Waals surface area contributed by atoms with Crippen molar-refractivity contribution in [2.75, 3.05) is 22.4 Å². The van der Waals surface area contributed by atoms with Crippen molar-refractivity contribution in [1.82, 2.24) is 0 Å². The van der Waals surface area contributed by atoms with Crippen molar-refractivity contribution in [3.8, 4) is 0 Å². The Labute approximate surface area is 146 Å². The zero-order valence-electron chi connectivity index (χ0n) is 13.1. The van der Waals surface area contributed by atoms with E-state index in [-0.39, 0.29) is 5.91 Å². The Bertz CT molecular complexity index is 896. The maximum absolute atomic E-state index is 12.4. The largest absolute Gasteiger partial charge is 0.322 e. The van der Waals surface area contributed by atoms with Crippen LogP contribution in [0.3, 0.4) is 0 Å². The topological polar surface area (TPSA) is 66.5 Å². The molecule has 1 aliphatic heterocycles. The molecule has 0 aliphatic carbocycles. The molecule has 2 aromatic rings. The van der Waals surface area contributed by atoms with E-state index in [1.165, 1.54) is 10.6 Å². The first-order valence-electron chi connectivity index (χ1n) is 7.53. The highest BCUT2D eigenvalue weighted by Gasteiger charge is 2.24. The molecule has 0 saturated carbocycles. The van der Waals surface area contributed by atoms with Gasteiger partial charge >= 0.3 is 0 Å². The molecule has 3 rings (SSSR count). The molecule has 1 aliphatic rings. The second-order valence-corrected chi connectivity index (χ2v) is 8.03. The van der Waals surface area contributed by atoms with Crippen LogP contribution in [0.4, 0.5) is 11.4 Å². The number of rotatable bonds is 3. The zero-order chi connectivity index (χ0) is 17.3. The number of benzene rings is 2. The van der Waals surface area contributed by atoms with Gasteiger partial charge in [0.25, 0.3) is 5.91 Å². The number of hydrogen-bond acceptors (Lipinski definition) is 3. The molecule has 5 nitrogen and oxygen atoms in total. The van der Waals surface area contributed by atoms with Crippen LogP contribution in [-0.4, -0.2) is 27.1 Å². The number of fused-ring (bicyclic) bond motifs is 1. The van der Waals surface area contributed by atoms with Crippen LogP contribution in [0.25, 0.3) is 0 Å². The predicted molar refractivity (Wildman–Crippen MR) is 96.4 cm³/mol. The molecule has 126 valence electrons. The molecule has 0 unspecified atom stereocenters. The van der Waals surface area contributed by atoms with Crippen LogP contribution >= 0.6 is 11.6 Å². The highest BCUT2D eigenvalue weighted by Crippen LogP contribution is 2.32. The van der Waals surface area contributed by atoms with Gasteiger partial charge in [0, 0.05) is 12.2 Å². The fraction of sp³-hybridized carbons (Fsp3) is 0.235. The molecular formula is C17H17ClN2O3S. The van der Waals surface area contributed by atoms with Gasteiger partial charge in [0.05, 0.1) is 22.5 Å². The van der Waals surface area contributed by atoms with Crippen LogP contribution in [0.5, 0.6) is 0 Å². The van der Waals surface area contributed by atoms with E-state index < -0.39 is 10.0 Å². The number of aryl methyl sites for hydroxylation is 1. The van der Waals surface area contributed by atoms with Crippen molar-refractivity contribution in [2.45, 2.75) is 12.8 Å². The standard InChI is InChI=1S/C17H17ClN2O3S/c1-24(22,23)20-10-4-5-12-8-9-13(11-16(12)20)19-17(21)14-6-2-3-7-15(14)18/h2-3,6-9,11H,4-5,10H2,1H3,(H,19,21). The number of nitrogens with one attached hydrogen (secondary N) is 1. The molecule has 1 amide bonds. The summed E-state index contributed by atoms with van der Waals surface area (Å²) in [6.07, 6.45) is 2.79. The number of sulfonamides is 1. The first kappa shape index (κ1) is 16.8. The smallest absolute Gasteiger partial charge is 0.257 e. The van der Waals surface area contributed by atoms with E-state index in [1.54, 1.807) is 36.4 Å². The molecule has 2 aromatic carbocycles. The van der Waals surface area contributed by atoms with Gasteiger partial charge in [-0.1, -0.05) is 29.8 Å². The van der Waals surface area contributed by atoms with Gasteiger partial charge in [-0.15, -0.1) is 0 Å². The first-order chi connectivity index (χ1) is 11.4. The fourth-order valence-electron chi connectivity index (χ4n) is 2.81. The fourth-order valence-corrected chi connectivity index (χ4v) is 4.02. The van der Waals surface area contributed by atoms with Crippen molar-refractivity contribution < 1.29 is 13.2 Å². The summed E-state index contributed by atoms with van der Waals surface area (Å²) in [5.41, 5.74) is 2.49. The van der Waals surface area contributed by atoms with Crippen molar-refractivity contribution in [3.05, 3.63) is 58.6 Å². The Hall–Kier alpha value is -2.05. The molecule has 0 atom stereocenters. The Morgan fingerprint density at radius 3 is 2.67 bits per heavy atom. The van der Waals surface area contributed by atoms with Crippen molar-refractivity contribution in [1.29, 1.82) is 0 Å². The predicted octanol–water partition coefficient (Wildman–Crippen LogP) is 3.30. The number of anilines is 2. The molecule has 0 radical (unpaired) electrons. The maximum Gasteiger partial charge on any atom is 0.257 e. The molecule has 7 heteroatoms. The average molecular weight is 365 g/mol. The van der Waals surface area contributed by atoms with Gasteiger partial charge in [0.1, 0.15) is 0 Å². The van der Waals surface area contributed by atoms with Gasteiger partial charge in [-0.2, -0.15) is 0 Å². The van der Waals surface area contributed by atoms with Crippen molar-refractivity contribution >= 4 is 38.9 Å². The molecule has 0 bridgehead atoms. The van der Waals surface area contributed by atoms with Crippen molar-refractivity contribution in [3.63, 3.8) is 0 Å². The van der Waals surface area contributed by atoms with Gasteiger partial charge in [-0.3, -0.25) is 9.10 Å². The molecule has 0 spiro atoms. The Morgan fingerprint density at radius 1 is 1.21 bits per heavy atom. The van der Waals surface area contributed by atoms with E-state index >= 15 is 0 Å². The van der Waals surface area contributed by atoms with Crippen LogP contribution in [0.1, 0.15) is 22.3 Å². The lowest BCUT2D eigenvalue weighted by atomic mass is 10.0. The van der Waals surface area contributed by atoms with E-state index in [2.05, 4.69) is 5.32 Å². The summed E-state index contributed by atoms with van der Waals surface area (Å²) in [6, 6.07) is 12.1. The summed E-state index contributed by atoms with van der Waals surface area (Å²) in [4.78, 5) is 12.4. The maximum atomic E-state index is 12.4. The summed E-state index contributed by atoms with van der Waals surface area (Å²) in [5, 5.41) is 3.14. The number of amides is 1. The monoisotopic (exact) mass is 364 g/mol. The summed E-state index contributed by atoms with van der Waals surface area (Å²) in [5.74, 6) is -0.331. The molecule has 0 aromatic heterocycles. The third-order valence-corrected chi connectivity index (χ3v) is 5.45. The number of halogens is 1. The summed E-state index contributed by atoms with van der Waals surface area (Å²) in [7, 11) is -3.34. The second kappa shape index (κ2) is 6.45. The molecule has 24 heavy (non-hydrogen) atoms. The lowest BCUT2D eigenvalue weighted by Crippen LogP contribution is -2.34. The molecular weight excluding hydrogens is 348 g/mol. The van der Waals surface area contributed by atoms with E-state index in [0.717, 1.165) is 18.4 Å². The van der Waals surface area contributed by atoms with Crippen LogP contribution in [-0.2, 0) is 16.4 Å². The number of carbonyl (C=O) groups is 1. The number of hydrogen-bond donors (Lipinski definition) is 1. The van der Waals surface area contributed by atoms with Gasteiger partial charge < -0.3 is 5.32 Å². The van der Waals surface area contributed by atoms with Crippen LogP contribution in [0, 0.1) is 0 Å². The van der Waals surface area contributed by atoms with Crippen LogP contribution in [0.15, 0.2) is 42.5 Å². The molecule has 0 saturated heterocycles. The van der Waals surface area contributed by atoms with Gasteiger partial charge in [0.15, 0.2) is 0 Å². The lowest BCUT2D eigenvalue weighted by molar-refractivity contribution is 0.102. The van der Waals surface area contributed by atoms with Crippen molar-refractivity contribution in [2.24, 2.45) is 0 Å². The number of nitrogens with zero attached hydrogens (tertiary/aromatic N) is 1. The van der Waals surface area contributed by atoms with Crippen LogP contribution in [0.2, 0.25) is 5.02 Å². The SMILES string of the molecule is CS(=O)(=O)N1CCCc2ccc(NC(=O)c3ccccc3Cl)cc21. The molecule has 1 N–H and O–H groups in total. The Kier molecular flexibility index (Phi) is 4.51. The highest BCUT2D eigenvalue weighted by atomic mass is 35.5. The minimum atomic E-state index is -3.34. The summed E-state index contributed by atoms with van der Waals surface area (Å²) >= 11 is 6.04. The quantitative estimate of drug-likeness (QED) is 0.908. The normalized spacial score (nSPS) is 14.2. The lowest BCUT2D eigenvalue weighted by Gasteiger charge is -2.29. The molecule has 1 heterocycles. The molecule has 0 fully saturated rings. The van der Waals surface area contributed by atoms with E-state index in [4.69, 9.17) is 11.6 Å². The summed E-state index contributed by atoms with van der Waals surface area (Å²) in [6.45, 7) is 0.452. The zero-order valence-corrected chi connectivity index (χ0v) is 14.7. The second-order valence-electron chi connectivity index (χ2n) is 5.72. The summed E-state index contributed by atoms with van der Waals surface area (Å²) < 4.78 is 25.3. The Morgan fingerprint density at radius 2 is 1.96 bits per heavy atom. The third-order valence-electron chi connectivity index (χ3n) is 3.94. The van der Waals surface area contributed by atoms with Crippen LogP contribution < -0.4 is 9.62 Å². The van der Waals surface area contributed by atoms with Gasteiger partial charge in [-0.25, -0.2) is 8.42 Å². The number of carbonyl (C=O) groups excluding carboxylic acids is 1. The average Bonchev–Trinajstić information content (AvgIpc) is 2.53.